The van der Waals surface area contributed by atoms with E-state index in [1.807, 2.05) is 0 Å². The molecule has 0 amide bonds. The van der Waals surface area contributed by atoms with Gasteiger partial charge < -0.3 is 0 Å². The SMILES string of the molecule is CC(=O)c1ccc(C(=O)CCC(=O)c2cccc(C(C)=O)c2)cc1. The van der Waals surface area contributed by atoms with Gasteiger partial charge in [-0.2, -0.15) is 0 Å². The van der Waals surface area contributed by atoms with E-state index in [9.17, 15) is 19.2 Å². The largest absolute Gasteiger partial charge is 0.295 e. The molecular formula is C20H18O4. The Morgan fingerprint density at radius 3 is 1.62 bits per heavy atom. The van der Waals surface area contributed by atoms with Gasteiger partial charge in [-0.3, -0.25) is 19.2 Å². The highest BCUT2D eigenvalue weighted by atomic mass is 16.1. The summed E-state index contributed by atoms with van der Waals surface area (Å²) in [6.45, 7) is 2.91. The van der Waals surface area contributed by atoms with Gasteiger partial charge in [0.2, 0.25) is 0 Å². The van der Waals surface area contributed by atoms with Gasteiger partial charge in [-0.25, -0.2) is 0 Å². The average Bonchev–Trinajstić information content (AvgIpc) is 2.59. The van der Waals surface area contributed by atoms with Gasteiger partial charge in [0.25, 0.3) is 0 Å². The summed E-state index contributed by atoms with van der Waals surface area (Å²) in [5, 5.41) is 0. The molecule has 4 heteroatoms. The van der Waals surface area contributed by atoms with E-state index in [1.165, 1.54) is 13.8 Å². The predicted molar refractivity (Wildman–Crippen MR) is 90.8 cm³/mol. The Labute approximate surface area is 140 Å². The first-order valence-corrected chi connectivity index (χ1v) is 7.67. The van der Waals surface area contributed by atoms with Crippen LogP contribution in [0.2, 0.25) is 0 Å². The molecule has 0 aliphatic heterocycles. The minimum Gasteiger partial charge on any atom is -0.295 e. The van der Waals surface area contributed by atoms with Crippen LogP contribution in [0.4, 0.5) is 0 Å². The molecule has 0 saturated carbocycles. The van der Waals surface area contributed by atoms with E-state index in [4.69, 9.17) is 0 Å². The fourth-order valence-electron chi connectivity index (χ4n) is 2.32. The Hall–Kier alpha value is -2.88. The van der Waals surface area contributed by atoms with Crippen molar-refractivity contribution in [2.45, 2.75) is 26.7 Å². The third kappa shape index (κ3) is 4.32. The number of Topliss-reactive ketones (excluding diaryl/α,β-unsaturated/α-hetero) is 4. The van der Waals surface area contributed by atoms with Gasteiger partial charge in [0.1, 0.15) is 0 Å². The van der Waals surface area contributed by atoms with E-state index < -0.39 is 0 Å². The lowest BCUT2D eigenvalue weighted by molar-refractivity contribution is 0.0917. The summed E-state index contributed by atoms with van der Waals surface area (Å²) in [7, 11) is 0. The number of carbonyl (C=O) groups excluding carboxylic acids is 4. The fraction of sp³-hybridized carbons (Fsp3) is 0.200. The number of rotatable bonds is 7. The van der Waals surface area contributed by atoms with E-state index in [2.05, 4.69) is 0 Å². The lowest BCUT2D eigenvalue weighted by Crippen LogP contribution is -2.06. The van der Waals surface area contributed by atoms with Crippen LogP contribution in [0.15, 0.2) is 48.5 Å². The van der Waals surface area contributed by atoms with Crippen molar-refractivity contribution >= 4 is 23.1 Å². The topological polar surface area (TPSA) is 68.3 Å². The number of hydrogen-bond donors (Lipinski definition) is 0. The predicted octanol–water partition coefficient (Wildman–Crippen LogP) is 3.94. The summed E-state index contributed by atoms with van der Waals surface area (Å²) < 4.78 is 0. The molecule has 0 fully saturated rings. The minimum atomic E-state index is -0.174. The third-order valence-corrected chi connectivity index (χ3v) is 3.78. The van der Waals surface area contributed by atoms with Gasteiger partial charge >= 0.3 is 0 Å². The Kier molecular flexibility index (Phi) is 5.53. The first-order chi connectivity index (χ1) is 11.4. The van der Waals surface area contributed by atoms with E-state index in [-0.39, 0.29) is 36.0 Å². The Morgan fingerprint density at radius 1 is 0.625 bits per heavy atom. The van der Waals surface area contributed by atoms with E-state index in [0.29, 0.717) is 22.3 Å². The van der Waals surface area contributed by atoms with Crippen molar-refractivity contribution in [1.29, 1.82) is 0 Å². The zero-order chi connectivity index (χ0) is 17.7. The van der Waals surface area contributed by atoms with Crippen LogP contribution in [0.5, 0.6) is 0 Å². The third-order valence-electron chi connectivity index (χ3n) is 3.78. The zero-order valence-electron chi connectivity index (χ0n) is 13.7. The zero-order valence-corrected chi connectivity index (χ0v) is 13.7. The Bertz CT molecular complexity index is 801. The van der Waals surface area contributed by atoms with Crippen molar-refractivity contribution in [3.05, 3.63) is 70.8 Å². The standard InChI is InChI=1S/C20H18O4/c1-13(21)15-6-8-16(9-7-15)19(23)10-11-20(24)18-5-3-4-17(12-18)14(2)22/h3-9,12H,10-11H2,1-2H3. The molecule has 0 saturated heterocycles. The summed E-state index contributed by atoms with van der Waals surface area (Å²) >= 11 is 0. The normalized spacial score (nSPS) is 10.2. The van der Waals surface area contributed by atoms with Gasteiger partial charge in [-0.1, -0.05) is 42.5 Å². The molecule has 0 bridgehead atoms. The smallest absolute Gasteiger partial charge is 0.163 e. The molecule has 0 unspecified atom stereocenters. The average molecular weight is 322 g/mol. The summed E-state index contributed by atoms with van der Waals surface area (Å²) in [5.74, 6) is -0.492. The van der Waals surface area contributed by atoms with Crippen molar-refractivity contribution in [3.63, 3.8) is 0 Å². The number of carbonyl (C=O) groups is 4. The molecular weight excluding hydrogens is 304 g/mol. The molecule has 0 atom stereocenters. The van der Waals surface area contributed by atoms with Crippen molar-refractivity contribution in [2.75, 3.05) is 0 Å². The summed E-state index contributed by atoms with van der Waals surface area (Å²) in [6, 6.07) is 12.9. The molecule has 0 aromatic heterocycles. The van der Waals surface area contributed by atoms with Crippen LogP contribution in [0, 0.1) is 0 Å². The minimum absolute atomic E-state index is 0.0606. The molecule has 2 aromatic carbocycles. The molecule has 0 N–H and O–H groups in total. The first kappa shape index (κ1) is 17.5. The molecule has 0 radical (unpaired) electrons. The van der Waals surface area contributed by atoms with Crippen molar-refractivity contribution < 1.29 is 19.2 Å². The fourth-order valence-corrected chi connectivity index (χ4v) is 2.32. The number of benzene rings is 2. The maximum absolute atomic E-state index is 12.2. The van der Waals surface area contributed by atoms with Crippen molar-refractivity contribution in [1.82, 2.24) is 0 Å². The summed E-state index contributed by atoms with van der Waals surface area (Å²) in [6.07, 6.45) is 0.164. The summed E-state index contributed by atoms with van der Waals surface area (Å²) in [4.78, 5) is 46.9. The lowest BCUT2D eigenvalue weighted by atomic mass is 9.99. The molecule has 24 heavy (non-hydrogen) atoms. The van der Waals surface area contributed by atoms with Crippen LogP contribution in [0.1, 0.15) is 68.1 Å². The second-order valence-electron chi connectivity index (χ2n) is 5.62. The van der Waals surface area contributed by atoms with E-state index >= 15 is 0 Å². The van der Waals surface area contributed by atoms with Gasteiger partial charge in [-0.15, -0.1) is 0 Å². The van der Waals surface area contributed by atoms with Gasteiger partial charge in [0, 0.05) is 35.1 Å². The quantitative estimate of drug-likeness (QED) is 0.724. The van der Waals surface area contributed by atoms with Gasteiger partial charge in [0.05, 0.1) is 0 Å². The summed E-state index contributed by atoms with van der Waals surface area (Å²) in [5.41, 5.74) is 1.93. The molecule has 0 spiro atoms. The molecule has 0 aliphatic carbocycles. The van der Waals surface area contributed by atoms with Crippen LogP contribution >= 0.6 is 0 Å². The van der Waals surface area contributed by atoms with Crippen molar-refractivity contribution in [2.24, 2.45) is 0 Å². The monoisotopic (exact) mass is 322 g/mol. The number of ketones is 4. The molecule has 122 valence electrons. The maximum atomic E-state index is 12.2. The lowest BCUT2D eigenvalue weighted by Gasteiger charge is -2.04. The van der Waals surface area contributed by atoms with E-state index in [1.54, 1.807) is 48.5 Å². The second kappa shape index (κ2) is 7.59. The Balaban J connectivity index is 2.00. The van der Waals surface area contributed by atoms with Crippen LogP contribution in [-0.4, -0.2) is 23.1 Å². The molecule has 2 aromatic rings. The second-order valence-corrected chi connectivity index (χ2v) is 5.62. The molecule has 0 aliphatic rings. The van der Waals surface area contributed by atoms with Crippen LogP contribution in [0.25, 0.3) is 0 Å². The number of hydrogen-bond acceptors (Lipinski definition) is 4. The van der Waals surface area contributed by atoms with Crippen molar-refractivity contribution in [3.8, 4) is 0 Å². The first-order valence-electron chi connectivity index (χ1n) is 7.67. The van der Waals surface area contributed by atoms with Crippen LogP contribution in [0.3, 0.4) is 0 Å². The molecule has 0 heterocycles. The van der Waals surface area contributed by atoms with Crippen LogP contribution in [-0.2, 0) is 0 Å². The Morgan fingerprint density at radius 2 is 1.08 bits per heavy atom. The van der Waals surface area contributed by atoms with Gasteiger partial charge in [0.15, 0.2) is 23.1 Å². The van der Waals surface area contributed by atoms with Gasteiger partial charge in [-0.05, 0) is 19.9 Å². The van der Waals surface area contributed by atoms with E-state index in [0.717, 1.165) is 0 Å². The highest BCUT2D eigenvalue weighted by molar-refractivity contribution is 6.04. The molecule has 4 nitrogen and oxygen atoms in total. The highest BCUT2D eigenvalue weighted by Crippen LogP contribution is 2.13. The van der Waals surface area contributed by atoms with Crippen LogP contribution < -0.4 is 0 Å². The maximum Gasteiger partial charge on any atom is 0.163 e. The molecule has 2 rings (SSSR count). The highest BCUT2D eigenvalue weighted by Gasteiger charge is 2.12.